The molecule has 0 bridgehead atoms. The van der Waals surface area contributed by atoms with E-state index in [0.29, 0.717) is 11.8 Å². The summed E-state index contributed by atoms with van der Waals surface area (Å²) in [5, 5.41) is 22.2. The molecule has 96 valence electrons. The lowest BCUT2D eigenvalue weighted by Crippen LogP contribution is -2.31. The third-order valence-corrected chi connectivity index (χ3v) is 3.80. The van der Waals surface area contributed by atoms with Crippen molar-refractivity contribution < 1.29 is 5.11 Å². The van der Waals surface area contributed by atoms with E-state index in [1.807, 2.05) is 26.0 Å². The Kier molecular flexibility index (Phi) is 3.88. The molecule has 3 heteroatoms. The first-order valence-electron chi connectivity index (χ1n) is 6.54. The molecule has 0 amide bonds. The van der Waals surface area contributed by atoms with Gasteiger partial charge in [-0.05, 0) is 43.4 Å². The summed E-state index contributed by atoms with van der Waals surface area (Å²) in [6.07, 6.45) is 3.25. The number of hydrogen-bond donors (Lipinski definition) is 2. The second-order valence-corrected chi connectivity index (χ2v) is 5.23. The third-order valence-electron chi connectivity index (χ3n) is 3.80. The number of benzene rings is 1. The van der Waals surface area contributed by atoms with Crippen molar-refractivity contribution in [3.63, 3.8) is 0 Å². The Morgan fingerprint density at radius 3 is 2.61 bits per heavy atom. The number of nitrogens with one attached hydrogen (secondary N) is 1. The van der Waals surface area contributed by atoms with Gasteiger partial charge in [0.25, 0.3) is 0 Å². The number of rotatable bonds is 3. The minimum Gasteiger partial charge on any atom is -0.507 e. The van der Waals surface area contributed by atoms with Gasteiger partial charge in [0.05, 0.1) is 12.0 Å². The molecule has 0 aliphatic heterocycles. The lowest BCUT2D eigenvalue weighted by Gasteiger charge is -2.16. The van der Waals surface area contributed by atoms with E-state index in [0.717, 1.165) is 36.9 Å². The summed E-state index contributed by atoms with van der Waals surface area (Å²) in [6, 6.07) is 6.71. The van der Waals surface area contributed by atoms with E-state index in [4.69, 9.17) is 5.26 Å². The number of aryl methyl sites for hydroxylation is 2. The van der Waals surface area contributed by atoms with Crippen molar-refractivity contribution in [3.8, 4) is 11.8 Å². The SMILES string of the molecule is Cc1cc(CNC2CCCC2C#N)cc(C)c1O. The quantitative estimate of drug-likeness (QED) is 0.859. The molecule has 1 fully saturated rings. The highest BCUT2D eigenvalue weighted by Crippen LogP contribution is 2.26. The number of aromatic hydroxyl groups is 1. The molecule has 1 aliphatic rings. The van der Waals surface area contributed by atoms with Gasteiger partial charge in [0.1, 0.15) is 5.75 Å². The number of phenolic OH excluding ortho intramolecular Hbond substituents is 1. The zero-order chi connectivity index (χ0) is 13.1. The molecule has 2 N–H and O–H groups in total. The molecule has 1 saturated carbocycles. The van der Waals surface area contributed by atoms with Gasteiger partial charge in [-0.15, -0.1) is 0 Å². The lowest BCUT2D eigenvalue weighted by atomic mass is 10.0. The summed E-state index contributed by atoms with van der Waals surface area (Å²) >= 11 is 0. The Morgan fingerprint density at radius 2 is 2.00 bits per heavy atom. The van der Waals surface area contributed by atoms with E-state index in [1.54, 1.807) is 0 Å². The largest absolute Gasteiger partial charge is 0.507 e. The van der Waals surface area contributed by atoms with Crippen molar-refractivity contribution in [3.05, 3.63) is 28.8 Å². The van der Waals surface area contributed by atoms with Crippen molar-refractivity contribution >= 4 is 0 Å². The molecular weight excluding hydrogens is 224 g/mol. The van der Waals surface area contributed by atoms with E-state index in [9.17, 15) is 5.11 Å². The number of nitrogens with zero attached hydrogens (tertiary/aromatic N) is 1. The highest BCUT2D eigenvalue weighted by Gasteiger charge is 2.26. The van der Waals surface area contributed by atoms with Gasteiger partial charge in [-0.1, -0.05) is 18.6 Å². The normalized spacial score (nSPS) is 22.9. The van der Waals surface area contributed by atoms with Crippen LogP contribution >= 0.6 is 0 Å². The average Bonchev–Trinajstić information content (AvgIpc) is 2.80. The van der Waals surface area contributed by atoms with Crippen LogP contribution in [0.5, 0.6) is 5.75 Å². The van der Waals surface area contributed by atoms with Gasteiger partial charge in [-0.25, -0.2) is 0 Å². The van der Waals surface area contributed by atoms with Gasteiger partial charge in [0.15, 0.2) is 0 Å². The fourth-order valence-electron chi connectivity index (χ4n) is 2.76. The van der Waals surface area contributed by atoms with Crippen molar-refractivity contribution in [2.45, 2.75) is 45.7 Å². The first-order valence-corrected chi connectivity index (χ1v) is 6.54. The van der Waals surface area contributed by atoms with Gasteiger partial charge < -0.3 is 10.4 Å². The highest BCUT2D eigenvalue weighted by atomic mass is 16.3. The molecule has 18 heavy (non-hydrogen) atoms. The molecule has 2 unspecified atom stereocenters. The monoisotopic (exact) mass is 244 g/mol. The van der Waals surface area contributed by atoms with E-state index in [2.05, 4.69) is 11.4 Å². The Labute approximate surface area is 108 Å². The van der Waals surface area contributed by atoms with Crippen LogP contribution in [0.15, 0.2) is 12.1 Å². The van der Waals surface area contributed by atoms with E-state index in [-0.39, 0.29) is 5.92 Å². The fourth-order valence-corrected chi connectivity index (χ4v) is 2.76. The summed E-state index contributed by atoms with van der Waals surface area (Å²) in [5.41, 5.74) is 3.00. The van der Waals surface area contributed by atoms with Crippen molar-refractivity contribution in [1.82, 2.24) is 5.32 Å². The second-order valence-electron chi connectivity index (χ2n) is 5.23. The molecule has 1 aromatic rings. The van der Waals surface area contributed by atoms with Crippen LogP contribution in [0.2, 0.25) is 0 Å². The van der Waals surface area contributed by atoms with Gasteiger partial charge in [0, 0.05) is 12.6 Å². The highest BCUT2D eigenvalue weighted by molar-refractivity contribution is 5.42. The molecule has 3 nitrogen and oxygen atoms in total. The average molecular weight is 244 g/mol. The van der Waals surface area contributed by atoms with E-state index in [1.165, 1.54) is 5.56 Å². The smallest absolute Gasteiger partial charge is 0.121 e. The first-order chi connectivity index (χ1) is 8.61. The Balaban J connectivity index is 2.01. The molecule has 0 spiro atoms. The Hall–Kier alpha value is -1.53. The Morgan fingerprint density at radius 1 is 1.33 bits per heavy atom. The van der Waals surface area contributed by atoms with Crippen LogP contribution in [-0.2, 0) is 6.54 Å². The predicted molar refractivity (Wildman–Crippen MR) is 71.2 cm³/mol. The summed E-state index contributed by atoms with van der Waals surface area (Å²) in [7, 11) is 0. The van der Waals surface area contributed by atoms with Crippen LogP contribution in [0.4, 0.5) is 0 Å². The van der Waals surface area contributed by atoms with Crippen LogP contribution in [0, 0.1) is 31.1 Å². The van der Waals surface area contributed by atoms with Gasteiger partial charge in [-0.2, -0.15) is 5.26 Å². The maximum Gasteiger partial charge on any atom is 0.121 e. The molecule has 0 saturated heterocycles. The summed E-state index contributed by atoms with van der Waals surface area (Å²) in [5.74, 6) is 0.541. The minimum atomic E-state index is 0.157. The molecule has 1 aromatic carbocycles. The maximum absolute atomic E-state index is 9.73. The van der Waals surface area contributed by atoms with Crippen molar-refractivity contribution in [1.29, 1.82) is 5.26 Å². The maximum atomic E-state index is 9.73. The topological polar surface area (TPSA) is 56.0 Å². The summed E-state index contributed by atoms with van der Waals surface area (Å²) in [6.45, 7) is 4.60. The van der Waals surface area contributed by atoms with Crippen LogP contribution in [-0.4, -0.2) is 11.1 Å². The number of nitriles is 1. The third kappa shape index (κ3) is 2.65. The van der Waals surface area contributed by atoms with E-state index >= 15 is 0 Å². The Bertz CT molecular complexity index is 453. The number of hydrogen-bond acceptors (Lipinski definition) is 3. The van der Waals surface area contributed by atoms with Gasteiger partial charge in [-0.3, -0.25) is 0 Å². The van der Waals surface area contributed by atoms with Crippen LogP contribution in [0.25, 0.3) is 0 Å². The molecule has 0 radical (unpaired) electrons. The van der Waals surface area contributed by atoms with Crippen LogP contribution in [0.1, 0.15) is 36.0 Å². The molecule has 0 aromatic heterocycles. The molecule has 1 aliphatic carbocycles. The minimum absolute atomic E-state index is 0.157. The number of phenols is 1. The van der Waals surface area contributed by atoms with Gasteiger partial charge in [0.2, 0.25) is 0 Å². The van der Waals surface area contributed by atoms with Crippen LogP contribution < -0.4 is 5.32 Å². The molecule has 2 atom stereocenters. The zero-order valence-electron chi connectivity index (χ0n) is 11.0. The second kappa shape index (κ2) is 5.41. The summed E-state index contributed by atoms with van der Waals surface area (Å²) < 4.78 is 0. The standard InChI is InChI=1S/C15H20N2O/c1-10-6-12(7-11(2)15(10)18)9-17-14-5-3-4-13(14)8-16/h6-7,13-14,17-18H,3-5,9H2,1-2H3. The zero-order valence-corrected chi connectivity index (χ0v) is 11.0. The van der Waals surface area contributed by atoms with Crippen molar-refractivity contribution in [2.24, 2.45) is 5.92 Å². The fraction of sp³-hybridized carbons (Fsp3) is 0.533. The predicted octanol–water partition coefficient (Wildman–Crippen LogP) is 2.79. The van der Waals surface area contributed by atoms with Crippen LogP contribution in [0.3, 0.4) is 0 Å². The summed E-state index contributed by atoms with van der Waals surface area (Å²) in [4.78, 5) is 0. The molecule has 2 rings (SSSR count). The lowest BCUT2D eigenvalue weighted by molar-refractivity contribution is 0.459. The molecule has 0 heterocycles. The van der Waals surface area contributed by atoms with E-state index < -0.39 is 0 Å². The first kappa shape index (κ1) is 12.9. The van der Waals surface area contributed by atoms with Crippen molar-refractivity contribution in [2.75, 3.05) is 0 Å². The molecular formula is C15H20N2O. The van der Waals surface area contributed by atoms with Gasteiger partial charge >= 0.3 is 0 Å².